The molecule has 2 N–H and O–H groups in total. The van der Waals surface area contributed by atoms with Gasteiger partial charge < -0.3 is 24.4 Å². The Morgan fingerprint density at radius 1 is 0.621 bits per heavy atom. The van der Waals surface area contributed by atoms with Gasteiger partial charge in [0.25, 0.3) is 0 Å². The maximum Gasteiger partial charge on any atom is 0.160 e. The van der Waals surface area contributed by atoms with E-state index < -0.39 is 0 Å². The van der Waals surface area contributed by atoms with Crippen LogP contribution >= 0.6 is 0 Å². The first-order valence-electron chi connectivity index (χ1n) is 12.0. The third-order valence-electron chi connectivity index (χ3n) is 5.08. The first-order chi connectivity index (χ1) is 13.8. The Kier molecular flexibility index (Phi) is 18.4. The summed E-state index contributed by atoms with van der Waals surface area (Å²) in [5.41, 5.74) is 0. The molecule has 176 valence electrons. The normalized spacial score (nSPS) is 18.2. The van der Waals surface area contributed by atoms with E-state index in [4.69, 9.17) is 14.2 Å². The molecule has 0 saturated heterocycles. The van der Waals surface area contributed by atoms with Crippen LogP contribution < -0.4 is 0 Å². The zero-order valence-corrected chi connectivity index (χ0v) is 20.1. The minimum atomic E-state index is -0.239. The summed E-state index contributed by atoms with van der Waals surface area (Å²) in [6, 6.07) is 0. The minimum Gasteiger partial charge on any atom is -0.393 e. The summed E-state index contributed by atoms with van der Waals surface area (Å²) in [5, 5.41) is 19.1. The van der Waals surface area contributed by atoms with Crippen molar-refractivity contribution >= 4 is 0 Å². The number of hydrogen-bond acceptors (Lipinski definition) is 5. The highest BCUT2D eigenvalue weighted by molar-refractivity contribution is 4.61. The molecule has 0 radical (unpaired) electrons. The first kappa shape index (κ1) is 28.8. The van der Waals surface area contributed by atoms with E-state index in [1.807, 2.05) is 13.8 Å². The first-order valence-corrected chi connectivity index (χ1v) is 12.0. The van der Waals surface area contributed by atoms with Gasteiger partial charge in [0, 0.05) is 13.2 Å². The molecule has 0 aromatic rings. The minimum absolute atomic E-state index is 0.231. The van der Waals surface area contributed by atoms with Gasteiger partial charge in [-0.15, -0.1) is 0 Å². The molecule has 6 atom stereocenters. The average Bonchev–Trinajstić information content (AvgIpc) is 2.62. The molecule has 5 nitrogen and oxygen atoms in total. The lowest BCUT2D eigenvalue weighted by Gasteiger charge is -2.26. The highest BCUT2D eigenvalue weighted by Crippen LogP contribution is 2.21. The van der Waals surface area contributed by atoms with Crippen LogP contribution in [0.15, 0.2) is 0 Å². The molecule has 0 bridgehead atoms. The lowest BCUT2D eigenvalue weighted by molar-refractivity contribution is -0.250. The predicted molar refractivity (Wildman–Crippen MR) is 120 cm³/mol. The van der Waals surface area contributed by atoms with Crippen molar-refractivity contribution < 1.29 is 24.4 Å². The molecule has 5 heteroatoms. The highest BCUT2D eigenvalue weighted by Gasteiger charge is 2.19. The van der Waals surface area contributed by atoms with E-state index in [1.54, 1.807) is 0 Å². The Morgan fingerprint density at radius 2 is 1.00 bits per heavy atom. The summed E-state index contributed by atoms with van der Waals surface area (Å²) in [6.45, 7) is 13.7. The lowest BCUT2D eigenvalue weighted by atomic mass is 9.98. The maximum absolute atomic E-state index is 9.54. The van der Waals surface area contributed by atoms with Crippen molar-refractivity contribution in [1.82, 2.24) is 0 Å². The van der Waals surface area contributed by atoms with Crippen LogP contribution in [-0.4, -0.2) is 48.2 Å². The fraction of sp³-hybridized carbons (Fsp3) is 1.00. The van der Waals surface area contributed by atoms with E-state index in [1.165, 1.54) is 0 Å². The van der Waals surface area contributed by atoms with Crippen LogP contribution in [-0.2, 0) is 14.2 Å². The van der Waals surface area contributed by atoms with Gasteiger partial charge in [-0.05, 0) is 77.0 Å². The summed E-state index contributed by atoms with van der Waals surface area (Å²) >= 11 is 0. The molecule has 0 fully saturated rings. The van der Waals surface area contributed by atoms with Crippen molar-refractivity contribution in [3.05, 3.63) is 0 Å². The van der Waals surface area contributed by atoms with Gasteiger partial charge in [-0.1, -0.05) is 40.5 Å². The maximum atomic E-state index is 9.54. The molecule has 0 aliphatic heterocycles. The van der Waals surface area contributed by atoms with Crippen LogP contribution in [0.4, 0.5) is 0 Å². The number of aliphatic hydroxyl groups is 2. The molecule has 0 aliphatic carbocycles. The summed E-state index contributed by atoms with van der Waals surface area (Å²) in [4.78, 5) is 0. The van der Waals surface area contributed by atoms with Crippen LogP contribution in [0.5, 0.6) is 0 Å². The van der Waals surface area contributed by atoms with Crippen molar-refractivity contribution in [2.45, 2.75) is 131 Å². The number of ether oxygens (including phenoxy) is 3. The number of rotatable bonds is 20. The SMILES string of the molecule is CCCOC(CCCC(C)CC(C)O)OC(CCCC(C)CC(C)O)OCCC. The molecule has 0 amide bonds. The van der Waals surface area contributed by atoms with Crippen LogP contribution in [0.3, 0.4) is 0 Å². The Bertz CT molecular complexity index is 316. The quantitative estimate of drug-likeness (QED) is 0.250. The molecule has 0 aliphatic rings. The highest BCUT2D eigenvalue weighted by atomic mass is 16.8. The van der Waals surface area contributed by atoms with Crippen molar-refractivity contribution in [3.8, 4) is 0 Å². The smallest absolute Gasteiger partial charge is 0.160 e. The van der Waals surface area contributed by atoms with Gasteiger partial charge in [0.2, 0.25) is 0 Å². The van der Waals surface area contributed by atoms with E-state index in [2.05, 4.69) is 27.7 Å². The summed E-state index contributed by atoms with van der Waals surface area (Å²) < 4.78 is 18.2. The molecule has 0 aromatic heterocycles. The topological polar surface area (TPSA) is 68.2 Å². The van der Waals surface area contributed by atoms with Gasteiger partial charge >= 0.3 is 0 Å². The summed E-state index contributed by atoms with van der Waals surface area (Å²) in [5.74, 6) is 1.01. The largest absolute Gasteiger partial charge is 0.393 e. The fourth-order valence-electron chi connectivity index (χ4n) is 3.72. The van der Waals surface area contributed by atoms with Gasteiger partial charge in [-0.2, -0.15) is 0 Å². The molecule has 6 unspecified atom stereocenters. The molecule has 0 saturated carbocycles. The van der Waals surface area contributed by atoms with Gasteiger partial charge in [0.1, 0.15) is 0 Å². The molecule has 0 aromatic carbocycles. The van der Waals surface area contributed by atoms with Crippen LogP contribution in [0.25, 0.3) is 0 Å². The van der Waals surface area contributed by atoms with E-state index in [-0.39, 0.29) is 24.8 Å². The summed E-state index contributed by atoms with van der Waals surface area (Å²) in [7, 11) is 0. The Morgan fingerprint density at radius 3 is 1.31 bits per heavy atom. The molecular weight excluding hydrogens is 368 g/mol. The van der Waals surface area contributed by atoms with Crippen molar-refractivity contribution in [2.24, 2.45) is 11.8 Å². The predicted octanol–water partition coefficient (Wildman–Crippen LogP) is 5.66. The van der Waals surface area contributed by atoms with Gasteiger partial charge in [0.05, 0.1) is 12.2 Å². The molecule has 0 spiro atoms. The van der Waals surface area contributed by atoms with Gasteiger partial charge in [0.15, 0.2) is 12.6 Å². The lowest BCUT2D eigenvalue weighted by Crippen LogP contribution is -2.28. The van der Waals surface area contributed by atoms with E-state index in [0.29, 0.717) is 25.0 Å². The monoisotopic (exact) mass is 418 g/mol. The van der Waals surface area contributed by atoms with Gasteiger partial charge in [-0.3, -0.25) is 0 Å². The molecule has 29 heavy (non-hydrogen) atoms. The zero-order valence-electron chi connectivity index (χ0n) is 20.1. The Labute approximate surface area is 180 Å². The third kappa shape index (κ3) is 18.3. The van der Waals surface area contributed by atoms with Gasteiger partial charge in [-0.25, -0.2) is 0 Å². The fourth-order valence-corrected chi connectivity index (χ4v) is 3.72. The summed E-state index contributed by atoms with van der Waals surface area (Å²) in [6.07, 6.45) is 8.57. The zero-order chi connectivity index (χ0) is 22.1. The van der Waals surface area contributed by atoms with Crippen LogP contribution in [0, 0.1) is 11.8 Å². The Hall–Kier alpha value is -0.200. The van der Waals surface area contributed by atoms with Crippen LogP contribution in [0.2, 0.25) is 0 Å². The van der Waals surface area contributed by atoms with E-state index in [9.17, 15) is 10.2 Å². The second kappa shape index (κ2) is 18.6. The average molecular weight is 419 g/mol. The van der Waals surface area contributed by atoms with E-state index >= 15 is 0 Å². The second-order valence-corrected chi connectivity index (χ2v) is 8.98. The Balaban J connectivity index is 4.51. The third-order valence-corrected chi connectivity index (χ3v) is 5.08. The second-order valence-electron chi connectivity index (χ2n) is 8.98. The molecule has 0 rings (SSSR count). The van der Waals surface area contributed by atoms with Crippen LogP contribution in [0.1, 0.15) is 106 Å². The van der Waals surface area contributed by atoms with Crippen molar-refractivity contribution in [3.63, 3.8) is 0 Å². The van der Waals surface area contributed by atoms with Crippen molar-refractivity contribution in [2.75, 3.05) is 13.2 Å². The number of hydrogen-bond donors (Lipinski definition) is 2. The van der Waals surface area contributed by atoms with E-state index in [0.717, 1.165) is 64.2 Å². The number of aliphatic hydroxyl groups excluding tert-OH is 2. The molecular formula is C24H50O5. The molecule has 0 heterocycles. The standard InChI is InChI=1S/C24H50O5/c1-7-15-27-23(13-9-11-19(3)17-21(5)25)29-24(28-16-8-2)14-10-12-20(4)18-22(6)26/h19-26H,7-18H2,1-6H3. The van der Waals surface area contributed by atoms with Crippen molar-refractivity contribution in [1.29, 1.82) is 0 Å².